The lowest BCUT2D eigenvalue weighted by atomic mass is 9.95. The van der Waals surface area contributed by atoms with Gasteiger partial charge in [0.2, 0.25) is 5.91 Å². The maximum absolute atomic E-state index is 12.0. The highest BCUT2D eigenvalue weighted by molar-refractivity contribution is 7.15. The molecule has 7 heteroatoms. The largest absolute Gasteiger partial charge is 0.353 e. The molecule has 0 unspecified atom stereocenters. The van der Waals surface area contributed by atoms with Crippen LogP contribution in [0.25, 0.3) is 0 Å². The third-order valence-electron chi connectivity index (χ3n) is 4.92. The van der Waals surface area contributed by atoms with Gasteiger partial charge < -0.3 is 10.6 Å². The standard InChI is InChI=1S/C18H28N4O2S/c23-16(20-13-7-3-1-4-8-13)11-12-19-17(24)22-18-21-14-9-5-2-6-10-15(14)25-18/h13H,1-12H2,(H,20,23)(H2,19,21,22,24). The number of amides is 3. The molecular weight excluding hydrogens is 336 g/mol. The predicted octanol–water partition coefficient (Wildman–Crippen LogP) is 3.37. The first-order valence-corrected chi connectivity index (χ1v) is 10.3. The second-order valence-electron chi connectivity index (χ2n) is 6.98. The molecular formula is C18H28N4O2S. The van der Waals surface area contributed by atoms with E-state index in [2.05, 4.69) is 20.9 Å². The molecule has 2 aliphatic carbocycles. The maximum atomic E-state index is 12.0. The number of rotatable bonds is 5. The number of carbonyl (C=O) groups is 2. The summed E-state index contributed by atoms with van der Waals surface area (Å²) in [5.74, 6) is 0.0214. The predicted molar refractivity (Wildman–Crippen MR) is 100 cm³/mol. The van der Waals surface area contributed by atoms with Crippen LogP contribution in [-0.4, -0.2) is 29.5 Å². The van der Waals surface area contributed by atoms with Crippen LogP contribution in [0, 0.1) is 0 Å². The summed E-state index contributed by atoms with van der Waals surface area (Å²) >= 11 is 1.58. The first kappa shape index (κ1) is 18.2. The maximum Gasteiger partial charge on any atom is 0.321 e. The van der Waals surface area contributed by atoms with E-state index < -0.39 is 0 Å². The van der Waals surface area contributed by atoms with Crippen molar-refractivity contribution in [2.45, 2.75) is 76.7 Å². The molecule has 1 aromatic rings. The normalized spacial score (nSPS) is 18.1. The first-order valence-electron chi connectivity index (χ1n) is 9.53. The number of anilines is 1. The molecule has 1 saturated carbocycles. The van der Waals surface area contributed by atoms with Crippen LogP contribution in [0.4, 0.5) is 9.93 Å². The quantitative estimate of drug-likeness (QED) is 0.701. The summed E-state index contributed by atoms with van der Waals surface area (Å²) in [6.45, 7) is 0.343. The lowest BCUT2D eigenvalue weighted by Gasteiger charge is -2.22. The van der Waals surface area contributed by atoms with Crippen LogP contribution >= 0.6 is 11.3 Å². The third-order valence-corrected chi connectivity index (χ3v) is 6.00. The van der Waals surface area contributed by atoms with E-state index in [1.807, 2.05) is 0 Å². The Morgan fingerprint density at radius 3 is 2.64 bits per heavy atom. The van der Waals surface area contributed by atoms with Gasteiger partial charge in [0.1, 0.15) is 0 Å². The minimum absolute atomic E-state index is 0.0214. The van der Waals surface area contributed by atoms with E-state index in [1.165, 1.54) is 43.4 Å². The summed E-state index contributed by atoms with van der Waals surface area (Å²) in [6.07, 6.45) is 11.9. The highest BCUT2D eigenvalue weighted by Gasteiger charge is 2.17. The molecule has 2 aliphatic rings. The van der Waals surface area contributed by atoms with Gasteiger partial charge in [-0.05, 0) is 38.5 Å². The highest BCUT2D eigenvalue weighted by atomic mass is 32.1. The van der Waals surface area contributed by atoms with E-state index in [-0.39, 0.29) is 11.9 Å². The van der Waals surface area contributed by atoms with Crippen molar-refractivity contribution < 1.29 is 9.59 Å². The number of aryl methyl sites for hydroxylation is 2. The Morgan fingerprint density at radius 1 is 1.04 bits per heavy atom. The monoisotopic (exact) mass is 364 g/mol. The summed E-state index contributed by atoms with van der Waals surface area (Å²) in [7, 11) is 0. The lowest BCUT2D eigenvalue weighted by molar-refractivity contribution is -0.121. The van der Waals surface area contributed by atoms with Crippen molar-refractivity contribution in [2.24, 2.45) is 0 Å². The lowest BCUT2D eigenvalue weighted by Crippen LogP contribution is -2.38. The smallest absolute Gasteiger partial charge is 0.321 e. The van der Waals surface area contributed by atoms with Crippen molar-refractivity contribution in [2.75, 3.05) is 11.9 Å². The number of thiazole rings is 1. The van der Waals surface area contributed by atoms with Crippen molar-refractivity contribution in [3.63, 3.8) is 0 Å². The topological polar surface area (TPSA) is 83.1 Å². The summed E-state index contributed by atoms with van der Waals surface area (Å²) in [5.41, 5.74) is 1.14. The summed E-state index contributed by atoms with van der Waals surface area (Å²) in [6, 6.07) is 0.0372. The number of nitrogens with one attached hydrogen (secondary N) is 3. The zero-order valence-corrected chi connectivity index (χ0v) is 15.6. The fourth-order valence-electron chi connectivity index (χ4n) is 3.56. The molecule has 1 fully saturated rings. The fourth-order valence-corrected chi connectivity index (χ4v) is 4.60. The van der Waals surface area contributed by atoms with Crippen LogP contribution in [0.15, 0.2) is 0 Å². The van der Waals surface area contributed by atoms with Gasteiger partial charge in [-0.2, -0.15) is 0 Å². The molecule has 0 bridgehead atoms. The van der Waals surface area contributed by atoms with Crippen molar-refractivity contribution in [1.29, 1.82) is 0 Å². The van der Waals surface area contributed by atoms with Gasteiger partial charge in [0, 0.05) is 23.9 Å². The molecule has 3 rings (SSSR count). The highest BCUT2D eigenvalue weighted by Crippen LogP contribution is 2.28. The molecule has 3 amide bonds. The minimum Gasteiger partial charge on any atom is -0.353 e. The number of fused-ring (bicyclic) bond motifs is 1. The average molecular weight is 365 g/mol. The minimum atomic E-state index is -0.283. The second-order valence-corrected chi connectivity index (χ2v) is 8.07. The van der Waals surface area contributed by atoms with Crippen molar-refractivity contribution in [1.82, 2.24) is 15.6 Å². The number of aromatic nitrogens is 1. The number of carbonyl (C=O) groups excluding carboxylic acids is 2. The van der Waals surface area contributed by atoms with Gasteiger partial charge in [0.05, 0.1) is 5.69 Å². The van der Waals surface area contributed by atoms with Crippen molar-refractivity contribution in [3.05, 3.63) is 10.6 Å². The van der Waals surface area contributed by atoms with Crippen molar-refractivity contribution >= 4 is 28.4 Å². The van der Waals surface area contributed by atoms with Gasteiger partial charge in [0.25, 0.3) is 0 Å². The van der Waals surface area contributed by atoms with Crippen LogP contribution < -0.4 is 16.0 Å². The van der Waals surface area contributed by atoms with Crippen LogP contribution in [0.2, 0.25) is 0 Å². The fraction of sp³-hybridized carbons (Fsp3) is 0.722. The van der Waals surface area contributed by atoms with E-state index in [0.717, 1.165) is 31.4 Å². The number of hydrogen-bond acceptors (Lipinski definition) is 4. The molecule has 1 aromatic heterocycles. The Balaban J connectivity index is 1.36. The van der Waals surface area contributed by atoms with Gasteiger partial charge in [-0.25, -0.2) is 9.78 Å². The molecule has 138 valence electrons. The molecule has 25 heavy (non-hydrogen) atoms. The molecule has 1 heterocycles. The SMILES string of the molecule is O=C(CCNC(=O)Nc1nc2c(s1)CCCCC2)NC1CCCCC1. The Kier molecular flexibility index (Phi) is 6.67. The molecule has 0 saturated heterocycles. The van der Waals surface area contributed by atoms with Crippen LogP contribution in [0.3, 0.4) is 0 Å². The molecule has 3 N–H and O–H groups in total. The van der Waals surface area contributed by atoms with Gasteiger partial charge in [-0.15, -0.1) is 11.3 Å². The van der Waals surface area contributed by atoms with E-state index in [1.54, 1.807) is 11.3 Å². The van der Waals surface area contributed by atoms with Gasteiger partial charge in [0.15, 0.2) is 5.13 Å². The van der Waals surface area contributed by atoms with E-state index in [0.29, 0.717) is 24.1 Å². The Labute approximate surface area is 153 Å². The number of hydrogen-bond donors (Lipinski definition) is 3. The van der Waals surface area contributed by atoms with Gasteiger partial charge in [-0.3, -0.25) is 10.1 Å². The molecule has 0 aromatic carbocycles. The van der Waals surface area contributed by atoms with Crippen LogP contribution in [0.1, 0.15) is 68.4 Å². The third kappa shape index (κ3) is 5.70. The van der Waals surface area contributed by atoms with Crippen LogP contribution in [-0.2, 0) is 17.6 Å². The average Bonchev–Trinajstić information content (AvgIpc) is 2.84. The Bertz CT molecular complexity index is 572. The summed E-state index contributed by atoms with van der Waals surface area (Å²) < 4.78 is 0. The zero-order valence-electron chi connectivity index (χ0n) is 14.7. The first-order chi connectivity index (χ1) is 12.2. The van der Waals surface area contributed by atoms with Gasteiger partial charge in [-0.1, -0.05) is 25.7 Å². The summed E-state index contributed by atoms with van der Waals surface area (Å²) in [5, 5.41) is 9.27. The van der Waals surface area contributed by atoms with Crippen molar-refractivity contribution in [3.8, 4) is 0 Å². The Hall–Kier alpha value is -1.63. The van der Waals surface area contributed by atoms with E-state index in [4.69, 9.17) is 0 Å². The van der Waals surface area contributed by atoms with Crippen LogP contribution in [0.5, 0.6) is 0 Å². The zero-order chi connectivity index (χ0) is 17.5. The van der Waals surface area contributed by atoms with E-state index in [9.17, 15) is 9.59 Å². The number of nitrogens with zero attached hydrogens (tertiary/aromatic N) is 1. The molecule has 6 nitrogen and oxygen atoms in total. The number of urea groups is 1. The second kappa shape index (κ2) is 9.17. The van der Waals surface area contributed by atoms with E-state index >= 15 is 0 Å². The molecule has 0 atom stereocenters. The molecule has 0 radical (unpaired) electrons. The molecule has 0 spiro atoms. The Morgan fingerprint density at radius 2 is 1.80 bits per heavy atom. The van der Waals surface area contributed by atoms with Gasteiger partial charge >= 0.3 is 6.03 Å². The summed E-state index contributed by atoms with van der Waals surface area (Å²) in [4.78, 5) is 29.7. The molecule has 0 aliphatic heterocycles.